The molecular formula is C22H21ClN2O3S. The summed E-state index contributed by atoms with van der Waals surface area (Å²) in [5.41, 5.74) is 2.37. The van der Waals surface area contributed by atoms with Gasteiger partial charge in [-0.15, -0.1) is 0 Å². The number of benzene rings is 3. The molecule has 0 fully saturated rings. The van der Waals surface area contributed by atoms with Crippen molar-refractivity contribution < 1.29 is 13.2 Å². The van der Waals surface area contributed by atoms with Gasteiger partial charge in [-0.1, -0.05) is 47.5 Å². The molecule has 1 amide bonds. The third-order valence-electron chi connectivity index (χ3n) is 4.67. The van der Waals surface area contributed by atoms with E-state index in [2.05, 4.69) is 0 Å². The molecule has 3 rings (SSSR count). The van der Waals surface area contributed by atoms with Crippen LogP contribution < -0.4 is 9.21 Å². The summed E-state index contributed by atoms with van der Waals surface area (Å²) < 4.78 is 26.9. The van der Waals surface area contributed by atoms with Gasteiger partial charge in [-0.3, -0.25) is 9.10 Å². The van der Waals surface area contributed by atoms with Crippen molar-refractivity contribution in [1.82, 2.24) is 0 Å². The number of hydrogen-bond donors (Lipinski definition) is 0. The lowest BCUT2D eigenvalue weighted by Gasteiger charge is -2.22. The first-order valence-corrected chi connectivity index (χ1v) is 10.7. The lowest BCUT2D eigenvalue weighted by molar-refractivity contribution is 0.0993. The normalized spacial score (nSPS) is 11.2. The van der Waals surface area contributed by atoms with Gasteiger partial charge in [-0.2, -0.15) is 0 Å². The maximum Gasteiger partial charge on any atom is 0.264 e. The van der Waals surface area contributed by atoms with Crippen LogP contribution in [0.3, 0.4) is 0 Å². The van der Waals surface area contributed by atoms with Gasteiger partial charge in [0.1, 0.15) is 0 Å². The van der Waals surface area contributed by atoms with Crippen LogP contribution >= 0.6 is 11.6 Å². The van der Waals surface area contributed by atoms with E-state index in [4.69, 9.17) is 11.6 Å². The molecule has 0 heterocycles. The highest BCUT2D eigenvalue weighted by molar-refractivity contribution is 7.92. The fourth-order valence-corrected chi connectivity index (χ4v) is 4.27. The van der Waals surface area contributed by atoms with Crippen molar-refractivity contribution in [2.45, 2.75) is 11.8 Å². The van der Waals surface area contributed by atoms with E-state index in [0.717, 1.165) is 15.6 Å². The van der Waals surface area contributed by atoms with E-state index < -0.39 is 10.0 Å². The summed E-state index contributed by atoms with van der Waals surface area (Å²) in [6.07, 6.45) is 0. The number of carbonyl (C=O) groups excluding carboxylic acids is 1. The predicted octanol–water partition coefficient (Wildman–Crippen LogP) is 4.75. The SMILES string of the molecule is Cc1ccc(S(=O)(=O)N(C)c2ccc(C(=O)N(C)c3ccccc3)c(Cl)c2)cc1. The number of hydrogen-bond acceptors (Lipinski definition) is 3. The quantitative estimate of drug-likeness (QED) is 0.589. The number of carbonyl (C=O) groups is 1. The fraction of sp³-hybridized carbons (Fsp3) is 0.136. The number of amides is 1. The van der Waals surface area contributed by atoms with Crippen molar-refractivity contribution in [3.8, 4) is 0 Å². The Labute approximate surface area is 176 Å². The number of sulfonamides is 1. The average molecular weight is 429 g/mol. The highest BCUT2D eigenvalue weighted by Crippen LogP contribution is 2.28. The molecule has 29 heavy (non-hydrogen) atoms. The van der Waals surface area contributed by atoms with Crippen LogP contribution in [0.4, 0.5) is 11.4 Å². The van der Waals surface area contributed by atoms with Crippen LogP contribution in [0, 0.1) is 6.92 Å². The standard InChI is InChI=1S/C22H21ClN2O3S/c1-16-9-12-19(13-10-16)29(27,28)25(3)18-11-14-20(21(23)15-18)22(26)24(2)17-7-5-4-6-8-17/h4-15H,1-3H3. The van der Waals surface area contributed by atoms with E-state index in [1.54, 1.807) is 43.4 Å². The maximum atomic E-state index is 12.9. The molecule has 0 aliphatic carbocycles. The van der Waals surface area contributed by atoms with Crippen LogP contribution in [0.15, 0.2) is 77.7 Å². The monoisotopic (exact) mass is 428 g/mol. The minimum Gasteiger partial charge on any atom is -0.311 e. The molecule has 0 bridgehead atoms. The maximum absolute atomic E-state index is 12.9. The van der Waals surface area contributed by atoms with Gasteiger partial charge >= 0.3 is 0 Å². The van der Waals surface area contributed by atoms with Crippen molar-refractivity contribution in [2.75, 3.05) is 23.3 Å². The molecule has 150 valence electrons. The van der Waals surface area contributed by atoms with Crippen molar-refractivity contribution in [2.24, 2.45) is 0 Å². The molecule has 0 saturated heterocycles. The largest absolute Gasteiger partial charge is 0.311 e. The first-order chi connectivity index (χ1) is 13.7. The van der Waals surface area contributed by atoms with Crippen LogP contribution in [0.1, 0.15) is 15.9 Å². The van der Waals surface area contributed by atoms with Gasteiger partial charge in [0.15, 0.2) is 0 Å². The summed E-state index contributed by atoms with van der Waals surface area (Å²) in [7, 11) is -0.619. The average Bonchev–Trinajstić information content (AvgIpc) is 2.73. The van der Waals surface area contributed by atoms with E-state index in [1.807, 2.05) is 37.3 Å². The van der Waals surface area contributed by atoms with Crippen LogP contribution in [0.25, 0.3) is 0 Å². The van der Waals surface area contributed by atoms with E-state index in [0.29, 0.717) is 11.3 Å². The lowest BCUT2D eigenvalue weighted by atomic mass is 10.1. The van der Waals surface area contributed by atoms with Crippen LogP contribution in [-0.2, 0) is 10.0 Å². The molecule has 0 aliphatic rings. The summed E-state index contributed by atoms with van der Waals surface area (Å²) >= 11 is 6.35. The van der Waals surface area contributed by atoms with Gasteiger partial charge in [0.25, 0.3) is 15.9 Å². The Bertz CT molecular complexity index is 1130. The Hall–Kier alpha value is -2.83. The Balaban J connectivity index is 1.89. The number of halogens is 1. The highest BCUT2D eigenvalue weighted by Gasteiger charge is 2.23. The van der Waals surface area contributed by atoms with Crippen molar-refractivity contribution >= 4 is 38.9 Å². The Kier molecular flexibility index (Phi) is 5.96. The number of rotatable bonds is 5. The molecule has 0 saturated carbocycles. The Morgan fingerprint density at radius 2 is 1.48 bits per heavy atom. The van der Waals surface area contributed by atoms with E-state index in [1.165, 1.54) is 18.0 Å². The molecule has 0 radical (unpaired) electrons. The van der Waals surface area contributed by atoms with Crippen LogP contribution in [-0.4, -0.2) is 28.4 Å². The molecule has 0 aliphatic heterocycles. The van der Waals surface area contributed by atoms with Crippen molar-refractivity contribution in [1.29, 1.82) is 0 Å². The first kappa shape index (κ1) is 20.9. The van der Waals surface area contributed by atoms with Gasteiger partial charge in [0.05, 0.1) is 21.2 Å². The first-order valence-electron chi connectivity index (χ1n) is 8.90. The number of aryl methyl sites for hydroxylation is 1. The van der Waals surface area contributed by atoms with E-state index >= 15 is 0 Å². The minimum atomic E-state index is -3.74. The molecular weight excluding hydrogens is 408 g/mol. The van der Waals surface area contributed by atoms with Gasteiger partial charge in [-0.05, 0) is 49.4 Å². The van der Waals surface area contributed by atoms with Gasteiger partial charge < -0.3 is 4.90 Å². The second-order valence-corrected chi connectivity index (χ2v) is 9.03. The molecule has 0 atom stereocenters. The zero-order valence-electron chi connectivity index (χ0n) is 16.3. The van der Waals surface area contributed by atoms with E-state index in [9.17, 15) is 13.2 Å². The van der Waals surface area contributed by atoms with Gasteiger partial charge in [0.2, 0.25) is 0 Å². The zero-order chi connectivity index (χ0) is 21.2. The third-order valence-corrected chi connectivity index (χ3v) is 6.79. The summed E-state index contributed by atoms with van der Waals surface area (Å²) in [5.74, 6) is -0.281. The van der Waals surface area contributed by atoms with Crippen molar-refractivity contribution in [3.63, 3.8) is 0 Å². The zero-order valence-corrected chi connectivity index (χ0v) is 17.9. The van der Waals surface area contributed by atoms with Crippen LogP contribution in [0.2, 0.25) is 5.02 Å². The predicted molar refractivity (Wildman–Crippen MR) is 117 cm³/mol. The molecule has 0 aromatic heterocycles. The fourth-order valence-electron chi connectivity index (χ4n) is 2.83. The highest BCUT2D eigenvalue weighted by atomic mass is 35.5. The molecule has 3 aromatic carbocycles. The molecule has 0 N–H and O–H groups in total. The van der Waals surface area contributed by atoms with Crippen molar-refractivity contribution in [3.05, 3.63) is 88.9 Å². The second-order valence-electron chi connectivity index (χ2n) is 6.65. The number of anilines is 2. The summed E-state index contributed by atoms with van der Waals surface area (Å²) in [6.45, 7) is 1.89. The molecule has 0 spiro atoms. The Morgan fingerprint density at radius 3 is 2.07 bits per heavy atom. The molecule has 7 heteroatoms. The smallest absolute Gasteiger partial charge is 0.264 e. The third kappa shape index (κ3) is 4.28. The van der Waals surface area contributed by atoms with E-state index in [-0.39, 0.29) is 15.8 Å². The molecule has 5 nitrogen and oxygen atoms in total. The number of nitrogens with zero attached hydrogens (tertiary/aromatic N) is 2. The van der Waals surface area contributed by atoms with Gasteiger partial charge in [-0.25, -0.2) is 8.42 Å². The summed E-state index contributed by atoms with van der Waals surface area (Å²) in [6, 6.07) is 20.4. The number of para-hydroxylation sites is 1. The summed E-state index contributed by atoms with van der Waals surface area (Å²) in [4.78, 5) is 14.5. The van der Waals surface area contributed by atoms with Crippen LogP contribution in [0.5, 0.6) is 0 Å². The molecule has 3 aromatic rings. The minimum absolute atomic E-state index is 0.182. The van der Waals surface area contributed by atoms with Gasteiger partial charge in [0, 0.05) is 19.8 Å². The molecule has 0 unspecified atom stereocenters. The second kappa shape index (κ2) is 8.27. The Morgan fingerprint density at radius 1 is 0.862 bits per heavy atom. The summed E-state index contributed by atoms with van der Waals surface area (Å²) in [5, 5.41) is 0.182. The lowest BCUT2D eigenvalue weighted by Crippen LogP contribution is -2.28. The topological polar surface area (TPSA) is 57.7 Å².